The van der Waals surface area contributed by atoms with Crippen LogP contribution in [0.1, 0.15) is 69.2 Å². The Morgan fingerprint density at radius 1 is 1.24 bits per heavy atom. The van der Waals surface area contributed by atoms with E-state index in [0.717, 1.165) is 65.4 Å². The second-order valence-electron chi connectivity index (χ2n) is 9.11. The van der Waals surface area contributed by atoms with Gasteiger partial charge in [0.1, 0.15) is 5.82 Å². The van der Waals surface area contributed by atoms with Crippen LogP contribution in [0.15, 0.2) is 52.8 Å². The zero-order valence-corrected chi connectivity index (χ0v) is 20.1. The van der Waals surface area contributed by atoms with Crippen LogP contribution in [0.5, 0.6) is 0 Å². The third-order valence-electron chi connectivity index (χ3n) is 6.70. The molecule has 0 spiro atoms. The number of aliphatic imine (C=N–C) groups is 1. The van der Waals surface area contributed by atoms with Crippen molar-refractivity contribution in [1.82, 2.24) is 19.7 Å². The van der Waals surface area contributed by atoms with Crippen molar-refractivity contribution in [1.29, 1.82) is 0 Å². The van der Waals surface area contributed by atoms with Gasteiger partial charge < -0.3 is 9.88 Å². The van der Waals surface area contributed by atoms with Crippen LogP contribution in [-0.2, 0) is 7.05 Å². The van der Waals surface area contributed by atoms with E-state index in [1.54, 1.807) is 4.68 Å². The summed E-state index contributed by atoms with van der Waals surface area (Å²) in [5.41, 5.74) is 4.08. The molecular weight excluding hydrogens is 410 g/mol. The van der Waals surface area contributed by atoms with E-state index in [2.05, 4.69) is 41.9 Å². The topological polar surface area (TPSA) is 64.2 Å². The molecule has 0 radical (unpaired) electrons. The van der Waals surface area contributed by atoms with E-state index in [1.165, 1.54) is 19.3 Å². The standard InChI is InChI=1S/C27H35N5O/c1-5-6-14-28-20(3)29-17-26-19(2)32(23-10-8-7-9-11-23)27(33)25-15-21(12-13-24(25)26)22-16-30-31(4)18-22/h12-13,15-18,23,28H,3,5-11,14H2,1-2,4H3/b29-17-. The molecule has 2 heterocycles. The van der Waals surface area contributed by atoms with Gasteiger partial charge >= 0.3 is 0 Å². The first-order chi connectivity index (χ1) is 16.0. The van der Waals surface area contributed by atoms with Gasteiger partial charge in [0, 0.05) is 54.3 Å². The highest BCUT2D eigenvalue weighted by Gasteiger charge is 2.22. The van der Waals surface area contributed by atoms with Crippen LogP contribution < -0.4 is 10.9 Å². The van der Waals surface area contributed by atoms with Crippen molar-refractivity contribution in [2.24, 2.45) is 12.0 Å². The SMILES string of the molecule is C=C(/N=C\c1c(C)n(C2CCCCC2)c(=O)c2cc(-c3cnn(C)c3)ccc12)NCCCC. The molecule has 6 nitrogen and oxygen atoms in total. The average molecular weight is 446 g/mol. The Morgan fingerprint density at radius 3 is 2.73 bits per heavy atom. The van der Waals surface area contributed by atoms with Crippen LogP contribution in [0.3, 0.4) is 0 Å². The fraction of sp³-hybridized carbons (Fsp3) is 0.444. The van der Waals surface area contributed by atoms with Crippen molar-refractivity contribution < 1.29 is 0 Å². The van der Waals surface area contributed by atoms with E-state index in [-0.39, 0.29) is 11.6 Å². The molecule has 0 aliphatic heterocycles. The molecule has 174 valence electrons. The highest BCUT2D eigenvalue weighted by Crippen LogP contribution is 2.31. The Kier molecular flexibility index (Phi) is 7.11. The summed E-state index contributed by atoms with van der Waals surface area (Å²) in [5.74, 6) is 0.651. The fourth-order valence-electron chi connectivity index (χ4n) is 4.85. The maximum absolute atomic E-state index is 13.8. The summed E-state index contributed by atoms with van der Waals surface area (Å²) in [6, 6.07) is 6.37. The molecular formula is C27H35N5O. The predicted octanol–water partition coefficient (Wildman–Crippen LogP) is 5.50. The Hall–Kier alpha value is -3.15. The predicted molar refractivity (Wildman–Crippen MR) is 137 cm³/mol. The number of aromatic nitrogens is 3. The Balaban J connectivity index is 1.83. The van der Waals surface area contributed by atoms with Gasteiger partial charge in [0.25, 0.3) is 5.56 Å². The number of rotatable bonds is 8. The fourth-order valence-corrected chi connectivity index (χ4v) is 4.85. The number of hydrogen-bond acceptors (Lipinski definition) is 4. The molecule has 1 fully saturated rings. The van der Waals surface area contributed by atoms with Crippen LogP contribution in [0.25, 0.3) is 21.9 Å². The average Bonchev–Trinajstić information content (AvgIpc) is 3.26. The van der Waals surface area contributed by atoms with Crippen molar-refractivity contribution >= 4 is 17.0 Å². The minimum absolute atomic E-state index is 0.0946. The van der Waals surface area contributed by atoms with E-state index in [9.17, 15) is 4.79 Å². The van der Waals surface area contributed by atoms with Crippen molar-refractivity contribution in [2.45, 2.75) is 64.8 Å². The number of benzene rings is 1. The molecule has 1 aromatic carbocycles. The summed E-state index contributed by atoms with van der Waals surface area (Å²) in [7, 11) is 1.90. The lowest BCUT2D eigenvalue weighted by Crippen LogP contribution is -2.29. The van der Waals surface area contributed by atoms with E-state index in [4.69, 9.17) is 0 Å². The molecule has 0 unspecified atom stereocenters. The number of unbranched alkanes of at least 4 members (excludes halogenated alkanes) is 1. The Morgan fingerprint density at radius 2 is 2.03 bits per heavy atom. The highest BCUT2D eigenvalue weighted by molar-refractivity contribution is 6.02. The van der Waals surface area contributed by atoms with Crippen molar-refractivity contribution in [3.8, 4) is 11.1 Å². The molecule has 1 saturated carbocycles. The Labute approximate surface area is 196 Å². The first kappa shape index (κ1) is 23.0. The van der Waals surface area contributed by atoms with E-state index in [0.29, 0.717) is 5.82 Å². The largest absolute Gasteiger partial charge is 0.371 e. The van der Waals surface area contributed by atoms with Gasteiger partial charge in [-0.15, -0.1) is 0 Å². The van der Waals surface area contributed by atoms with Gasteiger partial charge in [0.15, 0.2) is 0 Å². The van der Waals surface area contributed by atoms with E-state index >= 15 is 0 Å². The van der Waals surface area contributed by atoms with Gasteiger partial charge in [-0.25, -0.2) is 4.99 Å². The van der Waals surface area contributed by atoms with E-state index in [1.807, 2.05) is 42.4 Å². The van der Waals surface area contributed by atoms with Crippen LogP contribution >= 0.6 is 0 Å². The number of hydrogen-bond donors (Lipinski definition) is 1. The summed E-state index contributed by atoms with van der Waals surface area (Å²) in [5, 5.41) is 9.23. The molecule has 0 bridgehead atoms. The molecule has 33 heavy (non-hydrogen) atoms. The third-order valence-corrected chi connectivity index (χ3v) is 6.70. The zero-order valence-electron chi connectivity index (χ0n) is 20.1. The summed E-state index contributed by atoms with van der Waals surface area (Å²) in [6.07, 6.45) is 13.6. The van der Waals surface area contributed by atoms with E-state index < -0.39 is 0 Å². The van der Waals surface area contributed by atoms with Crippen LogP contribution in [0.2, 0.25) is 0 Å². The Bertz CT molecular complexity index is 1230. The molecule has 0 amide bonds. The van der Waals surface area contributed by atoms with Crippen molar-refractivity contribution in [3.63, 3.8) is 0 Å². The maximum atomic E-state index is 13.8. The summed E-state index contributed by atoms with van der Waals surface area (Å²) in [4.78, 5) is 18.4. The smallest absolute Gasteiger partial charge is 0.258 e. The first-order valence-electron chi connectivity index (χ1n) is 12.1. The van der Waals surface area contributed by atoms with Gasteiger partial charge in [0.05, 0.1) is 6.20 Å². The molecule has 1 N–H and O–H groups in total. The number of nitrogens with zero attached hydrogens (tertiary/aromatic N) is 4. The minimum atomic E-state index is 0.0946. The van der Waals surface area contributed by atoms with Crippen LogP contribution in [0.4, 0.5) is 0 Å². The monoisotopic (exact) mass is 445 g/mol. The van der Waals surface area contributed by atoms with Gasteiger partial charge in [-0.05, 0) is 43.2 Å². The number of nitrogens with one attached hydrogen (secondary N) is 1. The molecule has 0 atom stereocenters. The summed E-state index contributed by atoms with van der Waals surface area (Å²) in [6.45, 7) is 9.13. The molecule has 6 heteroatoms. The quantitative estimate of drug-likeness (QED) is 0.368. The van der Waals surface area contributed by atoms with Crippen LogP contribution in [0, 0.1) is 6.92 Å². The number of aryl methyl sites for hydroxylation is 1. The molecule has 1 aliphatic rings. The first-order valence-corrected chi connectivity index (χ1v) is 12.1. The maximum Gasteiger partial charge on any atom is 0.258 e. The van der Waals surface area contributed by atoms with Gasteiger partial charge in [0.2, 0.25) is 0 Å². The molecule has 4 rings (SSSR count). The molecule has 3 aromatic rings. The zero-order chi connectivity index (χ0) is 23.4. The number of fused-ring (bicyclic) bond motifs is 1. The second kappa shape index (κ2) is 10.2. The number of pyridine rings is 1. The second-order valence-corrected chi connectivity index (χ2v) is 9.11. The van der Waals surface area contributed by atoms with Crippen LogP contribution in [-0.4, -0.2) is 27.1 Å². The lowest BCUT2D eigenvalue weighted by molar-refractivity contribution is 0.343. The normalized spacial score (nSPS) is 14.9. The lowest BCUT2D eigenvalue weighted by Gasteiger charge is -2.27. The highest BCUT2D eigenvalue weighted by atomic mass is 16.1. The van der Waals surface area contributed by atoms with Crippen molar-refractivity contribution in [3.05, 3.63) is 64.6 Å². The van der Waals surface area contributed by atoms with Gasteiger partial charge in [-0.2, -0.15) is 5.10 Å². The summed E-state index contributed by atoms with van der Waals surface area (Å²) >= 11 is 0. The molecule has 0 saturated heterocycles. The lowest BCUT2D eigenvalue weighted by atomic mass is 9.93. The van der Waals surface area contributed by atoms with Crippen molar-refractivity contribution in [2.75, 3.05) is 6.54 Å². The summed E-state index contributed by atoms with van der Waals surface area (Å²) < 4.78 is 3.81. The molecule has 2 aromatic heterocycles. The van der Waals surface area contributed by atoms with Gasteiger partial charge in [-0.1, -0.05) is 51.3 Å². The molecule has 1 aliphatic carbocycles. The minimum Gasteiger partial charge on any atom is -0.371 e. The third kappa shape index (κ3) is 4.95. The van der Waals surface area contributed by atoms with Gasteiger partial charge in [-0.3, -0.25) is 9.48 Å².